The molecule has 0 spiro atoms. The van der Waals surface area contributed by atoms with E-state index in [2.05, 4.69) is 13.8 Å². The van der Waals surface area contributed by atoms with E-state index in [1.807, 2.05) is 0 Å². The van der Waals surface area contributed by atoms with E-state index in [0.717, 1.165) is 32.3 Å². The molecule has 0 aromatic heterocycles. The summed E-state index contributed by atoms with van der Waals surface area (Å²) in [5.41, 5.74) is -0.293. The second-order valence-corrected chi connectivity index (χ2v) is 8.42. The maximum atomic E-state index is 11.4. The minimum Gasteiger partial charge on any atom is -0.381 e. The third kappa shape index (κ3) is 6.39. The third-order valence-electron chi connectivity index (χ3n) is 3.50. The van der Waals surface area contributed by atoms with Crippen molar-refractivity contribution in [3.05, 3.63) is 0 Å². The van der Waals surface area contributed by atoms with Crippen LogP contribution < -0.4 is 0 Å². The lowest BCUT2D eigenvalue weighted by atomic mass is 9.82. The van der Waals surface area contributed by atoms with Crippen molar-refractivity contribution in [1.29, 1.82) is 0 Å². The van der Waals surface area contributed by atoms with Crippen LogP contribution >= 0.6 is 10.7 Å². The first-order chi connectivity index (χ1) is 8.41. The molecule has 0 aromatic rings. The molecule has 0 aliphatic heterocycles. The van der Waals surface area contributed by atoms with Gasteiger partial charge in [0.15, 0.2) is 0 Å². The molecule has 0 atom stereocenters. The second kappa shape index (κ2) is 7.11. The molecule has 1 aliphatic carbocycles. The summed E-state index contributed by atoms with van der Waals surface area (Å²) in [5, 5.41) is 0. The van der Waals surface area contributed by atoms with Crippen molar-refractivity contribution in [3.8, 4) is 0 Å². The fourth-order valence-electron chi connectivity index (χ4n) is 2.61. The summed E-state index contributed by atoms with van der Waals surface area (Å²) in [4.78, 5) is 0. The van der Waals surface area contributed by atoms with Gasteiger partial charge < -0.3 is 4.74 Å². The molecule has 0 aromatic carbocycles. The zero-order chi connectivity index (χ0) is 13.6. The summed E-state index contributed by atoms with van der Waals surface area (Å²) in [6.07, 6.45) is 6.14. The predicted molar refractivity (Wildman–Crippen MR) is 75.4 cm³/mol. The summed E-state index contributed by atoms with van der Waals surface area (Å²) in [5.74, 6) is 0.743. The number of halogens is 1. The van der Waals surface area contributed by atoms with E-state index in [4.69, 9.17) is 15.4 Å². The molecule has 108 valence electrons. The average Bonchev–Trinajstić information content (AvgIpc) is 2.99. The first-order valence-corrected chi connectivity index (χ1v) is 9.39. The Bertz CT molecular complexity index is 330. The van der Waals surface area contributed by atoms with E-state index >= 15 is 0 Å². The van der Waals surface area contributed by atoms with Gasteiger partial charge in [0, 0.05) is 22.7 Å². The Morgan fingerprint density at radius 1 is 1.22 bits per heavy atom. The van der Waals surface area contributed by atoms with Crippen molar-refractivity contribution < 1.29 is 13.2 Å². The van der Waals surface area contributed by atoms with E-state index in [1.165, 1.54) is 12.8 Å². The molecular formula is C13H25ClO3S. The van der Waals surface area contributed by atoms with Crippen molar-refractivity contribution in [1.82, 2.24) is 0 Å². The number of ether oxygens (including phenoxy) is 1. The Morgan fingerprint density at radius 3 is 2.17 bits per heavy atom. The topological polar surface area (TPSA) is 43.4 Å². The van der Waals surface area contributed by atoms with Gasteiger partial charge in [-0.2, -0.15) is 0 Å². The van der Waals surface area contributed by atoms with Gasteiger partial charge in [0.05, 0.1) is 12.4 Å². The first kappa shape index (κ1) is 16.3. The highest BCUT2D eigenvalue weighted by molar-refractivity contribution is 8.13. The summed E-state index contributed by atoms with van der Waals surface area (Å²) in [7, 11) is 1.99. The van der Waals surface area contributed by atoms with Gasteiger partial charge in [-0.1, -0.05) is 26.7 Å². The van der Waals surface area contributed by atoms with Crippen molar-refractivity contribution in [3.63, 3.8) is 0 Å². The van der Waals surface area contributed by atoms with E-state index in [0.29, 0.717) is 12.5 Å². The largest absolute Gasteiger partial charge is 0.381 e. The number of rotatable bonds is 10. The van der Waals surface area contributed by atoms with E-state index in [9.17, 15) is 8.42 Å². The van der Waals surface area contributed by atoms with Gasteiger partial charge in [-0.15, -0.1) is 0 Å². The Hall–Kier alpha value is 0.200. The highest BCUT2D eigenvalue weighted by Gasteiger charge is 2.34. The molecule has 0 amide bonds. The average molecular weight is 297 g/mol. The fourth-order valence-corrected chi connectivity index (χ4v) is 4.41. The third-order valence-corrected chi connectivity index (χ3v) is 4.78. The number of hydrogen-bond donors (Lipinski definition) is 0. The SMILES string of the molecule is CCCC(CCC)(COCC1CC1)CS(=O)(=O)Cl. The van der Waals surface area contributed by atoms with Crippen LogP contribution in [0.15, 0.2) is 0 Å². The molecule has 1 rings (SSSR count). The monoisotopic (exact) mass is 296 g/mol. The molecule has 0 bridgehead atoms. The molecule has 0 saturated heterocycles. The van der Waals surface area contributed by atoms with Gasteiger partial charge in [0.1, 0.15) is 0 Å². The van der Waals surface area contributed by atoms with Crippen LogP contribution in [0, 0.1) is 11.3 Å². The van der Waals surface area contributed by atoms with Gasteiger partial charge in [-0.25, -0.2) is 8.42 Å². The zero-order valence-electron chi connectivity index (χ0n) is 11.5. The fraction of sp³-hybridized carbons (Fsp3) is 1.00. The van der Waals surface area contributed by atoms with E-state index < -0.39 is 9.05 Å². The van der Waals surface area contributed by atoms with Crippen LogP contribution in [0.1, 0.15) is 52.4 Å². The van der Waals surface area contributed by atoms with E-state index in [-0.39, 0.29) is 11.2 Å². The quantitative estimate of drug-likeness (QED) is 0.579. The minimum absolute atomic E-state index is 0.0356. The van der Waals surface area contributed by atoms with Crippen LogP contribution in [-0.4, -0.2) is 27.4 Å². The Labute approximate surface area is 116 Å². The maximum absolute atomic E-state index is 11.4. The Balaban J connectivity index is 2.60. The highest BCUT2D eigenvalue weighted by atomic mass is 35.7. The molecule has 1 saturated carbocycles. The zero-order valence-corrected chi connectivity index (χ0v) is 13.0. The molecule has 1 fully saturated rings. The summed E-state index contributed by atoms with van der Waals surface area (Å²) < 4.78 is 28.6. The lowest BCUT2D eigenvalue weighted by Crippen LogP contribution is -2.34. The molecule has 5 heteroatoms. The van der Waals surface area contributed by atoms with Crippen LogP contribution in [0.3, 0.4) is 0 Å². The van der Waals surface area contributed by atoms with Crippen LogP contribution in [0.25, 0.3) is 0 Å². The van der Waals surface area contributed by atoms with Gasteiger partial charge in [0.2, 0.25) is 9.05 Å². The predicted octanol–water partition coefficient (Wildman–Crippen LogP) is 3.57. The van der Waals surface area contributed by atoms with Gasteiger partial charge in [0.25, 0.3) is 0 Å². The lowest BCUT2D eigenvalue weighted by Gasteiger charge is -2.32. The molecule has 0 radical (unpaired) electrons. The van der Waals surface area contributed by atoms with Gasteiger partial charge in [-0.05, 0) is 31.6 Å². The lowest BCUT2D eigenvalue weighted by molar-refractivity contribution is 0.0385. The smallest absolute Gasteiger partial charge is 0.233 e. The summed E-state index contributed by atoms with van der Waals surface area (Å²) in [6.45, 7) is 5.45. The van der Waals surface area contributed by atoms with E-state index in [1.54, 1.807) is 0 Å². The minimum atomic E-state index is -3.47. The molecule has 0 unspecified atom stereocenters. The van der Waals surface area contributed by atoms with Crippen LogP contribution in [0.2, 0.25) is 0 Å². The molecule has 18 heavy (non-hydrogen) atoms. The first-order valence-electron chi connectivity index (χ1n) is 6.91. The van der Waals surface area contributed by atoms with Gasteiger partial charge >= 0.3 is 0 Å². The molecule has 3 nitrogen and oxygen atoms in total. The Morgan fingerprint density at radius 2 is 1.78 bits per heavy atom. The molecule has 1 aliphatic rings. The van der Waals surface area contributed by atoms with Crippen molar-refractivity contribution in [2.24, 2.45) is 11.3 Å². The van der Waals surface area contributed by atoms with Crippen molar-refractivity contribution in [2.75, 3.05) is 19.0 Å². The molecular weight excluding hydrogens is 272 g/mol. The van der Waals surface area contributed by atoms with Crippen LogP contribution in [-0.2, 0) is 13.8 Å². The molecule has 0 heterocycles. The summed E-state index contributed by atoms with van der Waals surface area (Å²) in [6, 6.07) is 0. The van der Waals surface area contributed by atoms with Gasteiger partial charge in [-0.3, -0.25) is 0 Å². The summed E-state index contributed by atoms with van der Waals surface area (Å²) >= 11 is 0. The van der Waals surface area contributed by atoms with Crippen molar-refractivity contribution in [2.45, 2.75) is 52.4 Å². The maximum Gasteiger partial charge on any atom is 0.233 e. The standard InChI is InChI=1S/C13H25ClO3S/c1-3-7-13(8-4-2,11-18(14,15)16)10-17-9-12-5-6-12/h12H,3-11H2,1-2H3. The highest BCUT2D eigenvalue weighted by Crippen LogP contribution is 2.35. The Kier molecular flexibility index (Phi) is 6.42. The normalized spacial score (nSPS) is 17.1. The van der Waals surface area contributed by atoms with Crippen LogP contribution in [0.5, 0.6) is 0 Å². The van der Waals surface area contributed by atoms with Crippen LogP contribution in [0.4, 0.5) is 0 Å². The van der Waals surface area contributed by atoms with Crippen molar-refractivity contribution >= 4 is 19.7 Å². The number of hydrogen-bond acceptors (Lipinski definition) is 3. The molecule has 0 N–H and O–H groups in total. The second-order valence-electron chi connectivity index (χ2n) is 5.64.